The van der Waals surface area contributed by atoms with Gasteiger partial charge >= 0.3 is 0 Å². The van der Waals surface area contributed by atoms with Crippen molar-refractivity contribution in [3.63, 3.8) is 0 Å². The van der Waals surface area contributed by atoms with E-state index in [4.69, 9.17) is 4.74 Å². The van der Waals surface area contributed by atoms with Crippen LogP contribution in [0.1, 0.15) is 46.1 Å². The van der Waals surface area contributed by atoms with Crippen LogP contribution in [-0.2, 0) is 16.1 Å². The lowest BCUT2D eigenvalue weighted by atomic mass is 9.93. The number of halogens is 3. The van der Waals surface area contributed by atoms with Crippen LogP contribution in [-0.4, -0.2) is 45.3 Å². The number of aromatic amines is 1. The summed E-state index contributed by atoms with van der Waals surface area (Å²) in [6.07, 6.45) is 3.72. The fourth-order valence-electron chi connectivity index (χ4n) is 4.17. The molecule has 0 aliphatic rings. The number of anilines is 1. The molecule has 0 saturated carbocycles. The van der Waals surface area contributed by atoms with Gasteiger partial charge in [0.2, 0.25) is 0 Å². The molecule has 208 valence electrons. The molecule has 0 fully saturated rings. The summed E-state index contributed by atoms with van der Waals surface area (Å²) in [4.78, 5) is 45.3. The number of aryl methyl sites for hydroxylation is 1. The minimum atomic E-state index is -1.45. The van der Waals surface area contributed by atoms with Gasteiger partial charge in [0.1, 0.15) is 23.4 Å². The Kier molecular flexibility index (Phi) is 8.74. The molecular weight excluding hydrogens is 529 g/mol. The van der Waals surface area contributed by atoms with E-state index in [9.17, 15) is 27.6 Å². The molecule has 4 aromatic rings. The van der Waals surface area contributed by atoms with Crippen molar-refractivity contribution in [2.75, 3.05) is 19.0 Å². The van der Waals surface area contributed by atoms with Crippen LogP contribution in [0.3, 0.4) is 0 Å². The first-order valence-electron chi connectivity index (χ1n) is 12.1. The lowest BCUT2D eigenvalue weighted by Crippen LogP contribution is -2.38. The number of hydrogen-bond acceptors (Lipinski definition) is 6. The van der Waals surface area contributed by atoms with Crippen LogP contribution in [0, 0.1) is 17.5 Å². The van der Waals surface area contributed by atoms with Gasteiger partial charge in [0.25, 0.3) is 17.4 Å². The van der Waals surface area contributed by atoms with Crippen molar-refractivity contribution in [2.24, 2.45) is 0 Å². The standard InChI is InChI=1S/C27H25F3N6O4/c1-3-36-22(7-9-33-36)26(38)35-24(16-4-5-20(29)21(30)10-16)27(39)34-23-11-15(6-8-31-23)19(14-40-2)18-12-17(28)13-32-25(18)37/h4-13,19,24H,3,14H2,1-2H3,(H,32,37)(H,35,38)(H,31,34,39)/t19-,24+/m1/s1. The molecule has 4 rings (SSSR count). The van der Waals surface area contributed by atoms with E-state index in [1.165, 1.54) is 42.4 Å². The number of pyridine rings is 2. The molecular formula is C27H25F3N6O4. The van der Waals surface area contributed by atoms with Gasteiger partial charge in [-0.15, -0.1) is 0 Å². The van der Waals surface area contributed by atoms with Crippen molar-refractivity contribution in [1.29, 1.82) is 0 Å². The molecule has 3 heterocycles. The Morgan fingerprint density at radius 1 is 1.05 bits per heavy atom. The normalized spacial score (nSPS) is 12.5. The second-order valence-corrected chi connectivity index (χ2v) is 8.69. The van der Waals surface area contributed by atoms with E-state index in [-0.39, 0.29) is 29.2 Å². The Labute approximate surface area is 226 Å². The number of carbonyl (C=O) groups excluding carboxylic acids is 2. The highest BCUT2D eigenvalue weighted by molar-refractivity contribution is 6.00. The molecule has 0 unspecified atom stereocenters. The Bertz CT molecular complexity index is 1590. The Morgan fingerprint density at radius 3 is 2.58 bits per heavy atom. The van der Waals surface area contributed by atoms with Crippen LogP contribution < -0.4 is 16.2 Å². The number of amides is 2. The summed E-state index contributed by atoms with van der Waals surface area (Å²) in [5, 5.41) is 9.13. The number of nitrogens with zero attached hydrogens (tertiary/aromatic N) is 3. The molecule has 0 bridgehead atoms. The summed E-state index contributed by atoms with van der Waals surface area (Å²) >= 11 is 0. The number of H-pyrrole nitrogens is 1. The summed E-state index contributed by atoms with van der Waals surface area (Å²) in [6, 6.07) is 6.96. The summed E-state index contributed by atoms with van der Waals surface area (Å²) in [5.41, 5.74) is 0.198. The van der Waals surface area contributed by atoms with E-state index >= 15 is 0 Å². The van der Waals surface area contributed by atoms with Gasteiger partial charge in [-0.3, -0.25) is 19.1 Å². The maximum absolute atomic E-state index is 14.1. The summed E-state index contributed by atoms with van der Waals surface area (Å²) in [6.45, 7) is 2.17. The lowest BCUT2D eigenvalue weighted by Gasteiger charge is -2.20. The van der Waals surface area contributed by atoms with Gasteiger partial charge in [0.05, 0.1) is 6.61 Å². The van der Waals surface area contributed by atoms with Crippen LogP contribution in [0.15, 0.2) is 65.8 Å². The first kappa shape index (κ1) is 28.2. The first-order chi connectivity index (χ1) is 19.2. The predicted octanol–water partition coefficient (Wildman–Crippen LogP) is 3.29. The summed E-state index contributed by atoms with van der Waals surface area (Å²) < 4.78 is 48.3. The van der Waals surface area contributed by atoms with Crippen LogP contribution in [0.2, 0.25) is 0 Å². The number of rotatable bonds is 10. The van der Waals surface area contributed by atoms with Gasteiger partial charge in [0, 0.05) is 43.7 Å². The highest BCUT2D eigenvalue weighted by Gasteiger charge is 2.27. The van der Waals surface area contributed by atoms with Crippen LogP contribution >= 0.6 is 0 Å². The molecule has 0 radical (unpaired) electrons. The second kappa shape index (κ2) is 12.4. The van der Waals surface area contributed by atoms with E-state index in [2.05, 4.69) is 25.7 Å². The monoisotopic (exact) mass is 554 g/mol. The molecule has 0 aliphatic heterocycles. The average molecular weight is 555 g/mol. The number of nitrogens with one attached hydrogen (secondary N) is 3. The third kappa shape index (κ3) is 6.26. The molecule has 0 spiro atoms. The maximum atomic E-state index is 14.1. The van der Waals surface area contributed by atoms with Gasteiger partial charge in [0.15, 0.2) is 11.6 Å². The lowest BCUT2D eigenvalue weighted by molar-refractivity contribution is -0.118. The van der Waals surface area contributed by atoms with Crippen molar-refractivity contribution in [3.05, 3.63) is 111 Å². The minimum Gasteiger partial charge on any atom is -0.384 e. The highest BCUT2D eigenvalue weighted by Crippen LogP contribution is 2.25. The molecule has 10 nitrogen and oxygen atoms in total. The largest absolute Gasteiger partial charge is 0.384 e. The number of hydrogen-bond donors (Lipinski definition) is 3. The van der Waals surface area contributed by atoms with Crippen molar-refractivity contribution in [2.45, 2.75) is 25.4 Å². The summed E-state index contributed by atoms with van der Waals surface area (Å²) in [5.74, 6) is -5.13. The predicted molar refractivity (Wildman–Crippen MR) is 138 cm³/mol. The number of aromatic nitrogens is 4. The molecule has 13 heteroatoms. The maximum Gasteiger partial charge on any atom is 0.270 e. The van der Waals surface area contributed by atoms with Crippen LogP contribution in [0.5, 0.6) is 0 Å². The molecule has 2 amide bonds. The van der Waals surface area contributed by atoms with Gasteiger partial charge < -0.3 is 20.4 Å². The van der Waals surface area contributed by atoms with Crippen LogP contribution in [0.25, 0.3) is 0 Å². The number of ether oxygens (including phenoxy) is 1. The molecule has 40 heavy (non-hydrogen) atoms. The van der Waals surface area contributed by atoms with E-state index in [1.807, 2.05) is 0 Å². The van der Waals surface area contributed by atoms with Crippen LogP contribution in [0.4, 0.5) is 19.0 Å². The van der Waals surface area contributed by atoms with E-state index in [0.29, 0.717) is 12.1 Å². The zero-order valence-corrected chi connectivity index (χ0v) is 21.5. The van der Waals surface area contributed by atoms with Gasteiger partial charge in [-0.25, -0.2) is 18.2 Å². The zero-order chi connectivity index (χ0) is 28.8. The van der Waals surface area contributed by atoms with E-state index < -0.39 is 46.8 Å². The fraction of sp³-hybridized carbons (Fsp3) is 0.222. The smallest absolute Gasteiger partial charge is 0.270 e. The van der Waals surface area contributed by atoms with Crippen molar-refractivity contribution < 1.29 is 27.5 Å². The molecule has 2 atom stereocenters. The Balaban J connectivity index is 1.65. The highest BCUT2D eigenvalue weighted by atomic mass is 19.2. The number of benzene rings is 1. The van der Waals surface area contributed by atoms with Gasteiger partial charge in [-0.05, 0) is 54.4 Å². The topological polar surface area (TPSA) is 131 Å². The third-order valence-corrected chi connectivity index (χ3v) is 6.11. The van der Waals surface area contributed by atoms with E-state index in [0.717, 1.165) is 24.4 Å². The quantitative estimate of drug-likeness (QED) is 0.276. The van der Waals surface area contributed by atoms with Crippen molar-refractivity contribution >= 4 is 17.6 Å². The van der Waals surface area contributed by atoms with Crippen molar-refractivity contribution in [1.82, 2.24) is 25.1 Å². The molecule has 3 aromatic heterocycles. The SMILES string of the molecule is CCn1nccc1C(=O)N[C@H](C(=O)Nc1cc([C@@H](COC)c2cc(F)c[nH]c2=O)ccn1)c1ccc(F)c(F)c1. The second-order valence-electron chi connectivity index (χ2n) is 8.69. The number of methoxy groups -OCH3 is 1. The summed E-state index contributed by atoms with van der Waals surface area (Å²) in [7, 11) is 1.42. The van der Waals surface area contributed by atoms with Gasteiger partial charge in [-0.1, -0.05) is 6.07 Å². The number of carbonyl (C=O) groups is 2. The molecule has 1 aromatic carbocycles. The van der Waals surface area contributed by atoms with Gasteiger partial charge in [-0.2, -0.15) is 5.10 Å². The minimum absolute atomic E-state index is 0.0165. The molecule has 3 N–H and O–H groups in total. The average Bonchev–Trinajstić information content (AvgIpc) is 3.43. The Morgan fingerprint density at radius 2 is 1.85 bits per heavy atom. The van der Waals surface area contributed by atoms with Crippen molar-refractivity contribution in [3.8, 4) is 0 Å². The fourth-order valence-corrected chi connectivity index (χ4v) is 4.17. The zero-order valence-electron chi connectivity index (χ0n) is 21.5. The first-order valence-corrected chi connectivity index (χ1v) is 12.1. The third-order valence-electron chi connectivity index (χ3n) is 6.11. The molecule has 0 aliphatic carbocycles. The van der Waals surface area contributed by atoms with E-state index in [1.54, 1.807) is 13.0 Å². The Hall–Kier alpha value is -4.78. The molecule has 0 saturated heterocycles.